The first-order valence-electron chi connectivity index (χ1n) is 5.70. The summed E-state index contributed by atoms with van der Waals surface area (Å²) in [7, 11) is 2.18. The highest BCUT2D eigenvalue weighted by molar-refractivity contribution is 9.10. The molecule has 3 heteroatoms. The molecule has 2 rings (SSSR count). The normalized spacial score (nSPS) is 24.5. The maximum absolute atomic E-state index is 5.98. The van der Waals surface area contributed by atoms with Crippen LogP contribution in [0.3, 0.4) is 0 Å². The Morgan fingerprint density at radius 1 is 1.31 bits per heavy atom. The summed E-state index contributed by atoms with van der Waals surface area (Å²) >= 11 is 9.43. The SMILES string of the molecule is CN(Cc1ccc(Br)cc1)CC1CC(Cl)C1. The maximum atomic E-state index is 5.98. The highest BCUT2D eigenvalue weighted by Gasteiger charge is 2.27. The minimum absolute atomic E-state index is 0.436. The van der Waals surface area contributed by atoms with Gasteiger partial charge in [-0.15, -0.1) is 11.6 Å². The summed E-state index contributed by atoms with van der Waals surface area (Å²) in [6, 6.07) is 8.54. The lowest BCUT2D eigenvalue weighted by atomic mass is 9.84. The Kier molecular flexibility index (Phi) is 4.28. The van der Waals surface area contributed by atoms with Crippen LogP contribution in [0.4, 0.5) is 0 Å². The van der Waals surface area contributed by atoms with Crippen LogP contribution in [0.1, 0.15) is 18.4 Å². The van der Waals surface area contributed by atoms with Crippen molar-refractivity contribution in [3.05, 3.63) is 34.3 Å². The molecule has 0 aliphatic heterocycles. The Balaban J connectivity index is 1.78. The van der Waals surface area contributed by atoms with Crippen LogP contribution in [0.5, 0.6) is 0 Å². The van der Waals surface area contributed by atoms with Gasteiger partial charge in [-0.2, -0.15) is 0 Å². The monoisotopic (exact) mass is 301 g/mol. The molecule has 1 aliphatic rings. The van der Waals surface area contributed by atoms with Gasteiger partial charge in [0.25, 0.3) is 0 Å². The molecule has 1 aromatic carbocycles. The van der Waals surface area contributed by atoms with Gasteiger partial charge in [0.2, 0.25) is 0 Å². The number of hydrogen-bond acceptors (Lipinski definition) is 1. The molecule has 0 N–H and O–H groups in total. The van der Waals surface area contributed by atoms with E-state index in [9.17, 15) is 0 Å². The summed E-state index contributed by atoms with van der Waals surface area (Å²) in [4.78, 5) is 2.39. The Hall–Kier alpha value is -0.0500. The molecule has 0 bridgehead atoms. The van der Waals surface area contributed by atoms with Crippen molar-refractivity contribution in [2.45, 2.75) is 24.8 Å². The van der Waals surface area contributed by atoms with Crippen LogP contribution in [0.25, 0.3) is 0 Å². The first kappa shape index (κ1) is 12.4. The zero-order valence-electron chi connectivity index (χ0n) is 9.50. The fourth-order valence-electron chi connectivity index (χ4n) is 2.21. The molecular formula is C13H17BrClN. The second-order valence-electron chi connectivity index (χ2n) is 4.76. The molecule has 0 aromatic heterocycles. The summed E-state index contributed by atoms with van der Waals surface area (Å²) in [5.41, 5.74) is 1.37. The van der Waals surface area contributed by atoms with Gasteiger partial charge in [0.05, 0.1) is 0 Å². The topological polar surface area (TPSA) is 3.24 Å². The molecule has 1 aromatic rings. The zero-order chi connectivity index (χ0) is 11.5. The predicted octanol–water partition coefficient (Wildman–Crippen LogP) is 3.90. The molecule has 0 saturated heterocycles. The second kappa shape index (κ2) is 5.52. The van der Waals surface area contributed by atoms with Crippen molar-refractivity contribution < 1.29 is 0 Å². The van der Waals surface area contributed by atoms with Gasteiger partial charge < -0.3 is 4.90 Å². The molecule has 0 spiro atoms. The lowest BCUT2D eigenvalue weighted by Crippen LogP contribution is -2.34. The minimum Gasteiger partial charge on any atom is -0.302 e. The van der Waals surface area contributed by atoms with Crippen molar-refractivity contribution >= 4 is 27.5 Å². The summed E-state index contributed by atoms with van der Waals surface area (Å²) < 4.78 is 1.14. The third kappa shape index (κ3) is 3.47. The summed E-state index contributed by atoms with van der Waals surface area (Å²) in [6.45, 7) is 2.19. The Labute approximate surface area is 111 Å². The van der Waals surface area contributed by atoms with E-state index in [1.54, 1.807) is 0 Å². The lowest BCUT2D eigenvalue weighted by molar-refractivity contribution is 0.204. The largest absolute Gasteiger partial charge is 0.302 e. The quantitative estimate of drug-likeness (QED) is 0.763. The van der Waals surface area contributed by atoms with Crippen molar-refractivity contribution in [1.82, 2.24) is 4.90 Å². The van der Waals surface area contributed by atoms with Gasteiger partial charge in [-0.05, 0) is 43.5 Å². The van der Waals surface area contributed by atoms with E-state index < -0.39 is 0 Å². The molecule has 0 amide bonds. The van der Waals surface area contributed by atoms with Gasteiger partial charge in [0.15, 0.2) is 0 Å². The fourth-order valence-corrected chi connectivity index (χ4v) is 2.98. The van der Waals surface area contributed by atoms with Gasteiger partial charge in [0, 0.05) is 22.9 Å². The summed E-state index contributed by atoms with van der Waals surface area (Å²) in [5, 5.41) is 0.436. The molecular weight excluding hydrogens is 286 g/mol. The highest BCUT2D eigenvalue weighted by Crippen LogP contribution is 2.32. The Morgan fingerprint density at radius 2 is 1.94 bits per heavy atom. The van der Waals surface area contributed by atoms with Crippen LogP contribution in [0.15, 0.2) is 28.7 Å². The highest BCUT2D eigenvalue weighted by atomic mass is 79.9. The number of benzene rings is 1. The minimum atomic E-state index is 0.436. The lowest BCUT2D eigenvalue weighted by Gasteiger charge is -2.34. The molecule has 1 saturated carbocycles. The van der Waals surface area contributed by atoms with Crippen LogP contribution in [0.2, 0.25) is 0 Å². The van der Waals surface area contributed by atoms with Crippen molar-refractivity contribution in [3.8, 4) is 0 Å². The standard InChI is InChI=1S/C13H17BrClN/c1-16(9-11-6-13(15)7-11)8-10-2-4-12(14)5-3-10/h2-5,11,13H,6-9H2,1H3. The van der Waals surface area contributed by atoms with Crippen LogP contribution in [0, 0.1) is 5.92 Å². The maximum Gasteiger partial charge on any atom is 0.0342 e. The molecule has 1 nitrogen and oxygen atoms in total. The van der Waals surface area contributed by atoms with E-state index in [4.69, 9.17) is 11.6 Å². The number of nitrogens with zero attached hydrogens (tertiary/aromatic N) is 1. The molecule has 0 heterocycles. The Bertz CT molecular complexity index is 332. The smallest absolute Gasteiger partial charge is 0.0342 e. The molecule has 0 atom stereocenters. The van der Waals surface area contributed by atoms with Gasteiger partial charge >= 0.3 is 0 Å². The van der Waals surface area contributed by atoms with E-state index in [1.165, 1.54) is 24.9 Å². The average molecular weight is 303 g/mol. The number of halogens is 2. The second-order valence-corrected chi connectivity index (χ2v) is 6.29. The van der Waals surface area contributed by atoms with Gasteiger partial charge in [-0.1, -0.05) is 28.1 Å². The van der Waals surface area contributed by atoms with Crippen LogP contribution in [-0.4, -0.2) is 23.9 Å². The molecule has 16 heavy (non-hydrogen) atoms. The van der Waals surface area contributed by atoms with Crippen LogP contribution >= 0.6 is 27.5 Å². The van der Waals surface area contributed by atoms with Gasteiger partial charge in [-0.3, -0.25) is 0 Å². The summed E-state index contributed by atoms with van der Waals surface area (Å²) in [6.07, 6.45) is 2.37. The number of rotatable bonds is 4. The van der Waals surface area contributed by atoms with Crippen molar-refractivity contribution in [2.24, 2.45) is 5.92 Å². The van der Waals surface area contributed by atoms with Crippen molar-refractivity contribution in [1.29, 1.82) is 0 Å². The van der Waals surface area contributed by atoms with E-state index in [1.807, 2.05) is 0 Å². The van der Waals surface area contributed by atoms with Crippen LogP contribution < -0.4 is 0 Å². The van der Waals surface area contributed by atoms with E-state index in [2.05, 4.69) is 52.1 Å². The third-order valence-corrected chi connectivity index (χ3v) is 4.00. The average Bonchev–Trinajstić information content (AvgIpc) is 2.19. The number of hydrogen-bond donors (Lipinski definition) is 0. The first-order chi connectivity index (χ1) is 7.63. The zero-order valence-corrected chi connectivity index (χ0v) is 11.8. The third-order valence-electron chi connectivity index (χ3n) is 3.11. The van der Waals surface area contributed by atoms with E-state index >= 15 is 0 Å². The van der Waals surface area contributed by atoms with Crippen molar-refractivity contribution in [2.75, 3.05) is 13.6 Å². The molecule has 0 radical (unpaired) electrons. The van der Waals surface area contributed by atoms with Gasteiger partial charge in [-0.25, -0.2) is 0 Å². The fraction of sp³-hybridized carbons (Fsp3) is 0.538. The van der Waals surface area contributed by atoms with E-state index in [-0.39, 0.29) is 0 Å². The van der Waals surface area contributed by atoms with Crippen molar-refractivity contribution in [3.63, 3.8) is 0 Å². The summed E-state index contributed by atoms with van der Waals surface area (Å²) in [5.74, 6) is 0.808. The van der Waals surface area contributed by atoms with E-state index in [0.717, 1.165) is 16.9 Å². The molecule has 1 aliphatic carbocycles. The first-order valence-corrected chi connectivity index (χ1v) is 6.93. The van der Waals surface area contributed by atoms with Gasteiger partial charge in [0.1, 0.15) is 0 Å². The van der Waals surface area contributed by atoms with Crippen LogP contribution in [-0.2, 0) is 6.54 Å². The number of alkyl halides is 1. The molecule has 0 unspecified atom stereocenters. The predicted molar refractivity (Wildman–Crippen MR) is 72.8 cm³/mol. The Morgan fingerprint density at radius 3 is 2.50 bits per heavy atom. The molecule has 88 valence electrons. The molecule has 1 fully saturated rings. The van der Waals surface area contributed by atoms with E-state index in [0.29, 0.717) is 5.38 Å².